The van der Waals surface area contributed by atoms with Gasteiger partial charge in [0.15, 0.2) is 6.29 Å². The first-order chi connectivity index (χ1) is 8.26. The molecule has 17 heavy (non-hydrogen) atoms. The van der Waals surface area contributed by atoms with E-state index >= 15 is 0 Å². The number of aryl methyl sites for hydroxylation is 1. The second-order valence-electron chi connectivity index (χ2n) is 3.74. The Morgan fingerprint density at radius 3 is 2.82 bits per heavy atom. The molecular formula is C14H13NO2. The predicted octanol–water partition coefficient (Wildman–Crippen LogP) is 2.88. The third kappa shape index (κ3) is 2.18. The van der Waals surface area contributed by atoms with Crippen molar-refractivity contribution in [3.05, 3.63) is 47.7 Å². The fraction of sp³-hybridized carbons (Fsp3) is 0.143. The van der Waals surface area contributed by atoms with E-state index in [9.17, 15) is 4.79 Å². The van der Waals surface area contributed by atoms with Crippen molar-refractivity contribution in [2.24, 2.45) is 0 Å². The summed E-state index contributed by atoms with van der Waals surface area (Å²) in [5, 5.41) is 0. The Hall–Kier alpha value is -2.16. The van der Waals surface area contributed by atoms with E-state index in [2.05, 4.69) is 4.98 Å². The molecule has 0 saturated heterocycles. The molecule has 1 aromatic heterocycles. The third-order valence-electron chi connectivity index (χ3n) is 2.66. The summed E-state index contributed by atoms with van der Waals surface area (Å²) in [5.74, 6) is 0.544. The second kappa shape index (κ2) is 4.78. The highest BCUT2D eigenvalue weighted by atomic mass is 16.5. The van der Waals surface area contributed by atoms with Crippen LogP contribution in [0.1, 0.15) is 15.9 Å². The molecule has 0 unspecified atom stereocenters. The minimum absolute atomic E-state index is 0.544. The summed E-state index contributed by atoms with van der Waals surface area (Å²) in [6.45, 7) is 1.98. The van der Waals surface area contributed by atoms with Crippen LogP contribution in [0.3, 0.4) is 0 Å². The maximum absolute atomic E-state index is 11.1. The van der Waals surface area contributed by atoms with Crippen LogP contribution in [0, 0.1) is 6.92 Å². The zero-order chi connectivity index (χ0) is 12.3. The van der Waals surface area contributed by atoms with Crippen LogP contribution in [-0.4, -0.2) is 18.4 Å². The van der Waals surface area contributed by atoms with Crippen LogP contribution in [0.5, 0.6) is 5.88 Å². The number of rotatable bonds is 3. The maximum atomic E-state index is 11.1. The van der Waals surface area contributed by atoms with Gasteiger partial charge >= 0.3 is 0 Å². The molecule has 0 amide bonds. The van der Waals surface area contributed by atoms with Gasteiger partial charge in [-0.15, -0.1) is 0 Å². The van der Waals surface area contributed by atoms with E-state index in [1.807, 2.05) is 37.3 Å². The smallest absolute Gasteiger partial charge is 0.213 e. The number of pyridine rings is 1. The lowest BCUT2D eigenvalue weighted by Crippen LogP contribution is -1.93. The van der Waals surface area contributed by atoms with Gasteiger partial charge in [0.25, 0.3) is 0 Å². The van der Waals surface area contributed by atoms with Gasteiger partial charge in [-0.25, -0.2) is 4.98 Å². The molecule has 0 aliphatic carbocycles. The van der Waals surface area contributed by atoms with Gasteiger partial charge in [0.1, 0.15) is 0 Å². The summed E-state index contributed by atoms with van der Waals surface area (Å²) >= 11 is 0. The molecule has 0 bridgehead atoms. The van der Waals surface area contributed by atoms with Crippen LogP contribution >= 0.6 is 0 Å². The van der Waals surface area contributed by atoms with Gasteiger partial charge in [0, 0.05) is 17.8 Å². The molecule has 0 saturated carbocycles. The van der Waals surface area contributed by atoms with Crippen LogP contribution in [0.2, 0.25) is 0 Å². The minimum Gasteiger partial charge on any atom is -0.481 e. The Kier molecular flexibility index (Phi) is 3.19. The summed E-state index contributed by atoms with van der Waals surface area (Å²) in [6, 6.07) is 9.37. The molecule has 2 aromatic rings. The summed E-state index contributed by atoms with van der Waals surface area (Å²) in [4.78, 5) is 15.1. The molecule has 0 aliphatic heterocycles. The van der Waals surface area contributed by atoms with Crippen LogP contribution in [-0.2, 0) is 0 Å². The van der Waals surface area contributed by atoms with E-state index in [0.29, 0.717) is 11.4 Å². The highest BCUT2D eigenvalue weighted by Gasteiger charge is 2.08. The number of methoxy groups -OCH3 is 1. The first kappa shape index (κ1) is 11.3. The average Bonchev–Trinajstić information content (AvgIpc) is 2.38. The van der Waals surface area contributed by atoms with E-state index in [4.69, 9.17) is 4.74 Å². The van der Waals surface area contributed by atoms with Crippen molar-refractivity contribution < 1.29 is 9.53 Å². The number of aldehydes is 1. The summed E-state index contributed by atoms with van der Waals surface area (Å²) in [7, 11) is 1.57. The van der Waals surface area contributed by atoms with Crippen molar-refractivity contribution in [3.8, 4) is 17.0 Å². The number of carbonyl (C=O) groups excluding carboxylic acids is 1. The topological polar surface area (TPSA) is 39.2 Å². The zero-order valence-electron chi connectivity index (χ0n) is 9.81. The van der Waals surface area contributed by atoms with Crippen molar-refractivity contribution in [1.29, 1.82) is 0 Å². The van der Waals surface area contributed by atoms with Crippen LogP contribution in [0.25, 0.3) is 11.1 Å². The molecule has 0 N–H and O–H groups in total. The van der Waals surface area contributed by atoms with Gasteiger partial charge in [-0.2, -0.15) is 0 Å². The largest absolute Gasteiger partial charge is 0.481 e. The highest BCUT2D eigenvalue weighted by molar-refractivity contribution is 5.89. The number of hydrogen-bond donors (Lipinski definition) is 0. The lowest BCUT2D eigenvalue weighted by molar-refractivity contribution is 0.112. The number of nitrogens with zero attached hydrogens (tertiary/aromatic N) is 1. The zero-order valence-corrected chi connectivity index (χ0v) is 9.81. The number of aromatic nitrogens is 1. The standard InChI is InChI=1S/C14H13NO2/c1-10-4-3-5-12(9-16)14(10)11-6-7-15-13(8-11)17-2/h3-9H,1-2H3. The number of benzene rings is 1. The fourth-order valence-corrected chi connectivity index (χ4v) is 1.86. The number of carbonyl (C=O) groups is 1. The molecule has 3 heteroatoms. The molecule has 1 aromatic carbocycles. The minimum atomic E-state index is 0.544. The van der Waals surface area contributed by atoms with Gasteiger partial charge in [-0.1, -0.05) is 18.2 Å². The summed E-state index contributed by atoms with van der Waals surface area (Å²) < 4.78 is 5.09. The van der Waals surface area contributed by atoms with Crippen LogP contribution < -0.4 is 4.74 Å². The second-order valence-corrected chi connectivity index (χ2v) is 3.74. The molecule has 0 aliphatic rings. The molecule has 0 radical (unpaired) electrons. The Morgan fingerprint density at radius 2 is 2.12 bits per heavy atom. The van der Waals surface area contributed by atoms with E-state index in [1.165, 1.54) is 0 Å². The Bertz CT molecular complexity index is 550. The van der Waals surface area contributed by atoms with Gasteiger partial charge in [-0.3, -0.25) is 4.79 Å². The molecule has 86 valence electrons. The summed E-state index contributed by atoms with van der Waals surface area (Å²) in [5.41, 5.74) is 3.61. The highest BCUT2D eigenvalue weighted by Crippen LogP contribution is 2.28. The Labute approximate surface area is 100 Å². The normalized spacial score (nSPS) is 10.0. The fourth-order valence-electron chi connectivity index (χ4n) is 1.86. The summed E-state index contributed by atoms with van der Waals surface area (Å²) in [6.07, 6.45) is 2.55. The van der Waals surface area contributed by atoms with Gasteiger partial charge in [0.05, 0.1) is 7.11 Å². The molecular weight excluding hydrogens is 214 g/mol. The van der Waals surface area contributed by atoms with E-state index in [-0.39, 0.29) is 0 Å². The predicted molar refractivity (Wildman–Crippen MR) is 66.3 cm³/mol. The number of hydrogen-bond acceptors (Lipinski definition) is 3. The maximum Gasteiger partial charge on any atom is 0.213 e. The lowest BCUT2D eigenvalue weighted by Gasteiger charge is -2.09. The van der Waals surface area contributed by atoms with E-state index in [0.717, 1.165) is 23.0 Å². The van der Waals surface area contributed by atoms with Crippen molar-refractivity contribution in [1.82, 2.24) is 4.98 Å². The molecule has 3 nitrogen and oxygen atoms in total. The van der Waals surface area contributed by atoms with Crippen molar-refractivity contribution in [2.75, 3.05) is 7.11 Å². The van der Waals surface area contributed by atoms with E-state index < -0.39 is 0 Å². The molecule has 2 rings (SSSR count). The molecule has 0 spiro atoms. The quantitative estimate of drug-likeness (QED) is 0.757. The first-order valence-corrected chi connectivity index (χ1v) is 5.31. The Balaban J connectivity index is 2.62. The van der Waals surface area contributed by atoms with Crippen LogP contribution in [0.15, 0.2) is 36.5 Å². The molecule has 0 atom stereocenters. The molecule has 0 fully saturated rings. The van der Waals surface area contributed by atoms with Crippen molar-refractivity contribution in [3.63, 3.8) is 0 Å². The van der Waals surface area contributed by atoms with Gasteiger partial charge in [0.2, 0.25) is 5.88 Å². The van der Waals surface area contributed by atoms with Crippen LogP contribution in [0.4, 0.5) is 0 Å². The SMILES string of the molecule is COc1cc(-c2c(C)cccc2C=O)ccn1. The first-order valence-electron chi connectivity index (χ1n) is 5.31. The van der Waals surface area contributed by atoms with Crippen molar-refractivity contribution in [2.45, 2.75) is 6.92 Å². The monoisotopic (exact) mass is 227 g/mol. The third-order valence-corrected chi connectivity index (χ3v) is 2.66. The van der Waals surface area contributed by atoms with Gasteiger partial charge in [-0.05, 0) is 29.7 Å². The lowest BCUT2D eigenvalue weighted by atomic mass is 9.96. The Morgan fingerprint density at radius 1 is 1.29 bits per heavy atom. The van der Waals surface area contributed by atoms with E-state index in [1.54, 1.807) is 13.3 Å². The van der Waals surface area contributed by atoms with Gasteiger partial charge < -0.3 is 4.74 Å². The van der Waals surface area contributed by atoms with Crippen molar-refractivity contribution >= 4 is 6.29 Å². The molecule has 1 heterocycles. The number of ether oxygens (including phenoxy) is 1. The average molecular weight is 227 g/mol.